The fourth-order valence-electron chi connectivity index (χ4n) is 2.79. The van der Waals surface area contributed by atoms with E-state index in [1.54, 1.807) is 11.8 Å². The van der Waals surface area contributed by atoms with Crippen LogP contribution in [0.3, 0.4) is 0 Å². The molecule has 1 heterocycles. The second kappa shape index (κ2) is 7.87. The van der Waals surface area contributed by atoms with Crippen LogP contribution in [-0.4, -0.2) is 35.2 Å². The molecule has 0 spiro atoms. The highest BCUT2D eigenvalue weighted by atomic mass is 32.1. The van der Waals surface area contributed by atoms with Gasteiger partial charge < -0.3 is 10.4 Å². The molecule has 6 heteroatoms. The first-order valence-electron chi connectivity index (χ1n) is 7.70. The molecule has 1 aromatic rings. The summed E-state index contributed by atoms with van der Waals surface area (Å²) in [6, 6.07) is 0.521. The zero-order valence-corrected chi connectivity index (χ0v) is 13.7. The molecule has 0 saturated heterocycles. The molecular formula is C15H25N3O2S. The minimum Gasteiger partial charge on any atom is -0.396 e. The van der Waals surface area contributed by atoms with Gasteiger partial charge in [0, 0.05) is 38.0 Å². The van der Waals surface area contributed by atoms with Gasteiger partial charge in [0.1, 0.15) is 0 Å². The highest BCUT2D eigenvalue weighted by molar-refractivity contribution is 7.14. The molecule has 1 fully saturated rings. The van der Waals surface area contributed by atoms with Gasteiger partial charge in [-0.25, -0.2) is 4.98 Å². The molecule has 0 aromatic carbocycles. The number of carbonyl (C=O) groups is 1. The van der Waals surface area contributed by atoms with Crippen LogP contribution in [0.15, 0.2) is 5.38 Å². The largest absolute Gasteiger partial charge is 0.396 e. The maximum Gasteiger partial charge on any atom is 0.225 e. The van der Waals surface area contributed by atoms with Gasteiger partial charge in [-0.3, -0.25) is 9.69 Å². The predicted octanol–water partition coefficient (Wildman–Crippen LogP) is 2.16. The third-order valence-electron chi connectivity index (χ3n) is 4.14. The van der Waals surface area contributed by atoms with Crippen molar-refractivity contribution in [3.63, 3.8) is 0 Å². The van der Waals surface area contributed by atoms with E-state index in [9.17, 15) is 4.79 Å². The third kappa shape index (κ3) is 4.49. The van der Waals surface area contributed by atoms with Gasteiger partial charge in [0.05, 0.1) is 5.69 Å². The van der Waals surface area contributed by atoms with E-state index in [0.717, 1.165) is 43.1 Å². The van der Waals surface area contributed by atoms with Gasteiger partial charge in [-0.05, 0) is 38.5 Å². The number of aliphatic hydroxyl groups excluding tert-OH is 1. The third-order valence-corrected chi connectivity index (χ3v) is 5.06. The van der Waals surface area contributed by atoms with Crippen LogP contribution in [0.25, 0.3) is 0 Å². The Morgan fingerprint density at radius 2 is 2.19 bits per heavy atom. The summed E-state index contributed by atoms with van der Waals surface area (Å²) in [5.74, 6) is 0.524. The molecule has 0 atom stereocenters. The molecule has 2 N–H and O–H groups in total. The van der Waals surface area contributed by atoms with Crippen LogP contribution < -0.4 is 10.2 Å². The molecule has 0 radical (unpaired) electrons. The standard InChI is InChI=1S/C15H25N3O2S/c1-3-18(11(2)20)15-17-14(10-21-15)8-16-13-6-4-12(9-19)5-7-13/h10,12-13,16,19H,3-9H2,1-2H3. The number of hydrogen-bond acceptors (Lipinski definition) is 5. The fourth-order valence-corrected chi connectivity index (χ4v) is 3.72. The summed E-state index contributed by atoms with van der Waals surface area (Å²) in [6.07, 6.45) is 4.45. The van der Waals surface area contributed by atoms with E-state index < -0.39 is 0 Å². The summed E-state index contributed by atoms with van der Waals surface area (Å²) < 4.78 is 0. The van der Waals surface area contributed by atoms with Gasteiger partial charge in [0.15, 0.2) is 5.13 Å². The van der Waals surface area contributed by atoms with Crippen molar-refractivity contribution in [2.75, 3.05) is 18.1 Å². The monoisotopic (exact) mass is 311 g/mol. The second-order valence-corrected chi connectivity index (χ2v) is 6.50. The van der Waals surface area contributed by atoms with E-state index in [1.165, 1.54) is 11.3 Å². The Balaban J connectivity index is 1.82. The summed E-state index contributed by atoms with van der Waals surface area (Å²) in [7, 11) is 0. The fraction of sp³-hybridized carbons (Fsp3) is 0.733. The number of aliphatic hydroxyl groups is 1. The zero-order valence-electron chi connectivity index (χ0n) is 12.8. The van der Waals surface area contributed by atoms with E-state index >= 15 is 0 Å². The minimum absolute atomic E-state index is 0.0358. The Bertz CT molecular complexity index is 456. The molecule has 1 aliphatic rings. The molecule has 1 saturated carbocycles. The van der Waals surface area contributed by atoms with Gasteiger partial charge in [-0.15, -0.1) is 11.3 Å². The topological polar surface area (TPSA) is 65.5 Å². The van der Waals surface area contributed by atoms with Crippen molar-refractivity contribution in [3.05, 3.63) is 11.1 Å². The van der Waals surface area contributed by atoms with E-state index in [-0.39, 0.29) is 5.91 Å². The normalized spacial score (nSPS) is 22.2. The van der Waals surface area contributed by atoms with Gasteiger partial charge in [0.2, 0.25) is 5.91 Å². The van der Waals surface area contributed by atoms with Crippen molar-refractivity contribution in [2.45, 2.75) is 52.1 Å². The maximum atomic E-state index is 11.5. The molecule has 2 rings (SSSR count). The van der Waals surface area contributed by atoms with E-state index in [4.69, 9.17) is 5.11 Å². The lowest BCUT2D eigenvalue weighted by atomic mass is 9.86. The Labute approximate surface area is 130 Å². The number of anilines is 1. The van der Waals surface area contributed by atoms with Crippen LogP contribution in [0.2, 0.25) is 0 Å². The number of thiazole rings is 1. The van der Waals surface area contributed by atoms with Crippen LogP contribution in [0.4, 0.5) is 5.13 Å². The van der Waals surface area contributed by atoms with E-state index in [1.807, 2.05) is 12.3 Å². The first kappa shape index (κ1) is 16.4. The Morgan fingerprint density at radius 1 is 1.48 bits per heavy atom. The van der Waals surface area contributed by atoms with Crippen LogP contribution in [0.1, 0.15) is 45.2 Å². The molecule has 1 aromatic heterocycles. The number of rotatable bonds is 6. The quantitative estimate of drug-likeness (QED) is 0.845. The molecule has 118 valence electrons. The second-order valence-electron chi connectivity index (χ2n) is 5.67. The van der Waals surface area contributed by atoms with Crippen molar-refractivity contribution in [1.82, 2.24) is 10.3 Å². The van der Waals surface area contributed by atoms with Gasteiger partial charge in [-0.1, -0.05) is 0 Å². The van der Waals surface area contributed by atoms with Gasteiger partial charge >= 0.3 is 0 Å². The summed E-state index contributed by atoms with van der Waals surface area (Å²) in [5, 5.41) is 15.5. The molecule has 0 unspecified atom stereocenters. The van der Waals surface area contributed by atoms with Crippen LogP contribution >= 0.6 is 11.3 Å². The van der Waals surface area contributed by atoms with Crippen molar-refractivity contribution in [1.29, 1.82) is 0 Å². The number of nitrogens with zero attached hydrogens (tertiary/aromatic N) is 2. The van der Waals surface area contributed by atoms with E-state index in [0.29, 0.717) is 25.1 Å². The van der Waals surface area contributed by atoms with E-state index in [2.05, 4.69) is 10.3 Å². The SMILES string of the molecule is CCN(C(C)=O)c1nc(CNC2CCC(CO)CC2)cs1. The highest BCUT2D eigenvalue weighted by Crippen LogP contribution is 2.25. The first-order chi connectivity index (χ1) is 10.1. The lowest BCUT2D eigenvalue weighted by Crippen LogP contribution is -2.33. The van der Waals surface area contributed by atoms with Crippen molar-refractivity contribution in [2.24, 2.45) is 5.92 Å². The molecule has 1 amide bonds. The lowest BCUT2D eigenvalue weighted by Gasteiger charge is -2.27. The Kier molecular flexibility index (Phi) is 6.14. The minimum atomic E-state index is 0.0358. The molecular weight excluding hydrogens is 286 g/mol. The average molecular weight is 311 g/mol. The number of hydrogen-bond donors (Lipinski definition) is 2. The zero-order chi connectivity index (χ0) is 15.2. The number of amides is 1. The molecule has 0 aliphatic heterocycles. The summed E-state index contributed by atoms with van der Waals surface area (Å²) >= 11 is 1.52. The lowest BCUT2D eigenvalue weighted by molar-refractivity contribution is -0.116. The molecule has 0 bridgehead atoms. The Hall–Kier alpha value is -0.980. The number of aromatic nitrogens is 1. The Morgan fingerprint density at radius 3 is 2.76 bits per heavy atom. The van der Waals surface area contributed by atoms with Crippen LogP contribution in [0.5, 0.6) is 0 Å². The summed E-state index contributed by atoms with van der Waals surface area (Å²) in [6.45, 7) is 5.25. The number of carbonyl (C=O) groups excluding carboxylic acids is 1. The van der Waals surface area contributed by atoms with Crippen molar-refractivity contribution in [3.8, 4) is 0 Å². The number of nitrogens with one attached hydrogen (secondary N) is 1. The van der Waals surface area contributed by atoms with Gasteiger partial charge in [-0.2, -0.15) is 0 Å². The van der Waals surface area contributed by atoms with Crippen molar-refractivity contribution < 1.29 is 9.90 Å². The van der Waals surface area contributed by atoms with Crippen LogP contribution in [-0.2, 0) is 11.3 Å². The smallest absolute Gasteiger partial charge is 0.225 e. The predicted molar refractivity (Wildman–Crippen MR) is 85.5 cm³/mol. The average Bonchev–Trinajstić information content (AvgIpc) is 2.94. The molecule has 5 nitrogen and oxygen atoms in total. The highest BCUT2D eigenvalue weighted by Gasteiger charge is 2.20. The van der Waals surface area contributed by atoms with Crippen LogP contribution in [0, 0.1) is 5.92 Å². The van der Waals surface area contributed by atoms with Crippen molar-refractivity contribution >= 4 is 22.4 Å². The molecule has 1 aliphatic carbocycles. The first-order valence-corrected chi connectivity index (χ1v) is 8.58. The van der Waals surface area contributed by atoms with Gasteiger partial charge in [0.25, 0.3) is 0 Å². The maximum absolute atomic E-state index is 11.5. The summed E-state index contributed by atoms with van der Waals surface area (Å²) in [5.41, 5.74) is 0.999. The summed E-state index contributed by atoms with van der Waals surface area (Å²) in [4.78, 5) is 17.7. The molecule has 21 heavy (non-hydrogen) atoms.